The van der Waals surface area contributed by atoms with Crippen LogP contribution >= 0.6 is 0 Å². The summed E-state index contributed by atoms with van der Waals surface area (Å²) in [5.41, 5.74) is 0.234. The lowest BCUT2D eigenvalue weighted by molar-refractivity contribution is -0.138. The molecule has 1 heterocycles. The molecule has 1 amide bonds. The van der Waals surface area contributed by atoms with E-state index in [2.05, 4.69) is 4.72 Å². The van der Waals surface area contributed by atoms with Crippen molar-refractivity contribution >= 4 is 22.1 Å². The Hall–Kier alpha value is -2.33. The number of nitrogens with zero attached hydrogens (tertiary/aromatic N) is 1. The molecule has 2 N–H and O–H groups in total. The second-order valence-electron chi connectivity index (χ2n) is 10.4. The van der Waals surface area contributed by atoms with E-state index in [1.165, 1.54) is 0 Å². The molecule has 1 fully saturated rings. The van der Waals surface area contributed by atoms with Crippen LogP contribution < -0.4 is 9.46 Å². The number of carboxylic acids is 1. The number of carboxylic acid groups (broad SMARTS) is 1. The van der Waals surface area contributed by atoms with Gasteiger partial charge in [-0.05, 0) is 82.9 Å². The van der Waals surface area contributed by atoms with Crippen molar-refractivity contribution in [1.82, 2.24) is 9.62 Å². The minimum absolute atomic E-state index is 0.0585. The molecule has 0 radical (unpaired) electrons. The van der Waals surface area contributed by atoms with E-state index in [9.17, 15) is 23.1 Å². The predicted molar refractivity (Wildman–Crippen MR) is 139 cm³/mol. The van der Waals surface area contributed by atoms with E-state index in [1.807, 2.05) is 27.7 Å². The van der Waals surface area contributed by atoms with Crippen LogP contribution in [0.15, 0.2) is 24.3 Å². The highest BCUT2D eigenvalue weighted by atomic mass is 32.2. The summed E-state index contributed by atoms with van der Waals surface area (Å²) in [5.74, 6) is -0.0342. The Morgan fingerprint density at radius 1 is 1.14 bits per heavy atom. The summed E-state index contributed by atoms with van der Waals surface area (Å²) in [4.78, 5) is 25.5. The molecule has 36 heavy (non-hydrogen) atoms. The highest BCUT2D eigenvalue weighted by molar-refractivity contribution is 7.89. The van der Waals surface area contributed by atoms with Gasteiger partial charge in [0.2, 0.25) is 10.0 Å². The molecule has 1 aliphatic heterocycles. The number of hydrogen-bond donors (Lipinski definition) is 2. The first-order valence-electron chi connectivity index (χ1n) is 12.8. The fourth-order valence-electron chi connectivity index (χ4n) is 4.04. The number of carbonyl (C=O) groups excluding carboxylic acids is 1. The highest BCUT2D eigenvalue weighted by Crippen LogP contribution is 2.24. The average Bonchev–Trinajstić information content (AvgIpc) is 2.80. The third-order valence-electron chi connectivity index (χ3n) is 6.04. The summed E-state index contributed by atoms with van der Waals surface area (Å²) >= 11 is 0. The lowest BCUT2D eigenvalue weighted by Crippen LogP contribution is -2.43. The van der Waals surface area contributed by atoms with E-state index in [0.29, 0.717) is 49.8 Å². The molecular weight excluding hydrogens is 484 g/mol. The standard InChI is InChI=1S/C26H42N2O7S/c1-5-6-18-36(32,33)27-23(24(29)30)19-21-9-11-22(12-10-21)34-17-7-8-20-13-15-28(16-14-20)25(31)35-26(2,3)4/h9-12,20,23,27H,5-8,13-19H2,1-4H3,(H,29,30)/t23-/m0/s1. The number of benzene rings is 1. The van der Waals surface area contributed by atoms with Gasteiger partial charge in [0.25, 0.3) is 0 Å². The summed E-state index contributed by atoms with van der Waals surface area (Å²) < 4.78 is 37.7. The number of hydrogen-bond acceptors (Lipinski definition) is 6. The van der Waals surface area contributed by atoms with Crippen molar-refractivity contribution in [1.29, 1.82) is 0 Å². The van der Waals surface area contributed by atoms with E-state index >= 15 is 0 Å². The molecule has 0 bridgehead atoms. The van der Waals surface area contributed by atoms with Crippen LogP contribution in [-0.4, -0.2) is 67.6 Å². The number of unbranched alkanes of at least 4 members (excludes halogenated alkanes) is 1. The van der Waals surface area contributed by atoms with Crippen molar-refractivity contribution in [3.63, 3.8) is 0 Å². The third kappa shape index (κ3) is 11.2. The summed E-state index contributed by atoms with van der Waals surface area (Å²) in [6.45, 7) is 9.50. The minimum Gasteiger partial charge on any atom is -0.494 e. The van der Waals surface area contributed by atoms with Gasteiger partial charge in [0.15, 0.2) is 0 Å². The first-order chi connectivity index (χ1) is 16.9. The van der Waals surface area contributed by atoms with Crippen molar-refractivity contribution in [3.05, 3.63) is 29.8 Å². The maximum Gasteiger partial charge on any atom is 0.410 e. The quantitative estimate of drug-likeness (QED) is 0.369. The zero-order chi connectivity index (χ0) is 26.8. The number of aliphatic carboxylic acids is 1. The van der Waals surface area contributed by atoms with Gasteiger partial charge in [0.05, 0.1) is 12.4 Å². The second kappa shape index (κ2) is 13.8. The Bertz CT molecular complexity index is 934. The molecule has 2 rings (SSSR count). The number of amides is 1. The molecule has 10 heteroatoms. The minimum atomic E-state index is -3.64. The van der Waals surface area contributed by atoms with Crippen molar-refractivity contribution in [2.75, 3.05) is 25.4 Å². The van der Waals surface area contributed by atoms with Gasteiger partial charge in [0.1, 0.15) is 17.4 Å². The zero-order valence-electron chi connectivity index (χ0n) is 22.0. The van der Waals surface area contributed by atoms with Crippen molar-refractivity contribution < 1.29 is 32.6 Å². The molecule has 0 saturated carbocycles. The summed E-state index contributed by atoms with van der Waals surface area (Å²) in [7, 11) is -3.64. The van der Waals surface area contributed by atoms with Gasteiger partial charge in [-0.15, -0.1) is 0 Å². The van der Waals surface area contributed by atoms with E-state index in [4.69, 9.17) is 9.47 Å². The fourth-order valence-corrected chi connectivity index (χ4v) is 5.44. The number of ether oxygens (including phenoxy) is 2. The van der Waals surface area contributed by atoms with Gasteiger partial charge in [-0.25, -0.2) is 17.9 Å². The van der Waals surface area contributed by atoms with Gasteiger partial charge in [0, 0.05) is 13.1 Å². The number of nitrogens with one attached hydrogen (secondary N) is 1. The molecule has 0 unspecified atom stereocenters. The number of likely N-dealkylation sites (tertiary alicyclic amines) is 1. The van der Waals surface area contributed by atoms with Crippen LogP contribution in [-0.2, 0) is 26.0 Å². The lowest BCUT2D eigenvalue weighted by Gasteiger charge is -2.33. The number of rotatable bonds is 13. The summed E-state index contributed by atoms with van der Waals surface area (Å²) in [5, 5.41) is 9.44. The SMILES string of the molecule is CCCCS(=O)(=O)N[C@@H](Cc1ccc(OCCCC2CCN(C(=O)OC(C)(C)C)CC2)cc1)C(=O)O. The molecule has 204 valence electrons. The molecule has 1 atom stereocenters. The Labute approximate surface area is 215 Å². The monoisotopic (exact) mass is 526 g/mol. The molecule has 0 aromatic heterocycles. The zero-order valence-corrected chi connectivity index (χ0v) is 22.8. The van der Waals surface area contributed by atoms with Crippen LogP contribution in [0.4, 0.5) is 4.79 Å². The normalized spacial score (nSPS) is 15.9. The summed E-state index contributed by atoms with van der Waals surface area (Å²) in [6, 6.07) is 5.87. The molecule has 1 aromatic carbocycles. The van der Waals surface area contributed by atoms with Crippen LogP contribution in [0.25, 0.3) is 0 Å². The topological polar surface area (TPSA) is 122 Å². The van der Waals surface area contributed by atoms with E-state index in [1.54, 1.807) is 29.2 Å². The van der Waals surface area contributed by atoms with E-state index in [-0.39, 0.29) is 18.3 Å². The molecule has 1 aromatic rings. The average molecular weight is 527 g/mol. The number of carbonyl (C=O) groups is 2. The van der Waals surface area contributed by atoms with E-state index < -0.39 is 27.6 Å². The molecule has 1 saturated heterocycles. The maximum atomic E-state index is 12.2. The molecule has 1 aliphatic rings. The van der Waals surface area contributed by atoms with E-state index in [0.717, 1.165) is 25.7 Å². The van der Waals surface area contributed by atoms with Gasteiger partial charge >= 0.3 is 12.1 Å². The third-order valence-corrected chi connectivity index (χ3v) is 7.51. The summed E-state index contributed by atoms with van der Waals surface area (Å²) in [6.07, 6.45) is 4.87. The first kappa shape index (κ1) is 29.9. The number of sulfonamides is 1. The van der Waals surface area contributed by atoms with Crippen LogP contribution in [0.1, 0.15) is 71.8 Å². The Kier molecular flexibility index (Phi) is 11.5. The van der Waals surface area contributed by atoms with Gasteiger partial charge in [-0.2, -0.15) is 0 Å². The molecule has 0 aliphatic carbocycles. The van der Waals surface area contributed by atoms with Crippen LogP contribution in [0.2, 0.25) is 0 Å². The number of piperidine rings is 1. The predicted octanol–water partition coefficient (Wildman–Crippen LogP) is 4.21. The second-order valence-corrected chi connectivity index (χ2v) is 12.3. The molecule has 0 spiro atoms. The Morgan fingerprint density at radius 3 is 2.33 bits per heavy atom. The maximum absolute atomic E-state index is 12.2. The largest absolute Gasteiger partial charge is 0.494 e. The smallest absolute Gasteiger partial charge is 0.410 e. The van der Waals surface area contributed by atoms with Gasteiger partial charge in [-0.1, -0.05) is 25.5 Å². The first-order valence-corrected chi connectivity index (χ1v) is 14.5. The van der Waals surface area contributed by atoms with Crippen molar-refractivity contribution in [3.8, 4) is 5.75 Å². The molecule has 9 nitrogen and oxygen atoms in total. The van der Waals surface area contributed by atoms with Crippen molar-refractivity contribution in [2.24, 2.45) is 5.92 Å². The van der Waals surface area contributed by atoms with Crippen LogP contribution in [0.5, 0.6) is 5.75 Å². The Morgan fingerprint density at radius 2 is 1.78 bits per heavy atom. The van der Waals surface area contributed by atoms with Crippen LogP contribution in [0, 0.1) is 5.92 Å². The van der Waals surface area contributed by atoms with Crippen molar-refractivity contribution in [2.45, 2.75) is 84.3 Å². The molecular formula is C26H42N2O7S. The van der Waals surface area contributed by atoms with Crippen LogP contribution in [0.3, 0.4) is 0 Å². The lowest BCUT2D eigenvalue weighted by atomic mass is 9.92. The van der Waals surface area contributed by atoms with Gasteiger partial charge < -0.3 is 19.5 Å². The Balaban J connectivity index is 1.71. The van der Waals surface area contributed by atoms with Gasteiger partial charge in [-0.3, -0.25) is 4.79 Å². The fraction of sp³-hybridized carbons (Fsp3) is 0.692. The highest BCUT2D eigenvalue weighted by Gasteiger charge is 2.27.